The molecule has 1 aliphatic rings. The van der Waals surface area contributed by atoms with Gasteiger partial charge >= 0.3 is 0 Å². The molecule has 0 radical (unpaired) electrons. The topological polar surface area (TPSA) is 131 Å². The van der Waals surface area contributed by atoms with E-state index in [1.807, 2.05) is 37.3 Å². The summed E-state index contributed by atoms with van der Waals surface area (Å²) in [4.78, 5) is 25.7. The first-order valence-corrected chi connectivity index (χ1v) is 10.7. The molecule has 2 aromatic carbocycles. The van der Waals surface area contributed by atoms with Crippen LogP contribution < -0.4 is 22.1 Å². The summed E-state index contributed by atoms with van der Waals surface area (Å²) >= 11 is 1.52. The normalized spacial score (nSPS) is 17.8. The lowest BCUT2D eigenvalue weighted by atomic mass is 10.1. The third-order valence-electron chi connectivity index (χ3n) is 4.86. The van der Waals surface area contributed by atoms with E-state index >= 15 is 0 Å². The molecule has 0 bridgehead atoms. The minimum absolute atomic E-state index is 0.0812. The predicted octanol–water partition coefficient (Wildman–Crippen LogP) is 3.41. The highest BCUT2D eigenvalue weighted by molar-refractivity contribution is 8.14. The van der Waals surface area contributed by atoms with Gasteiger partial charge < -0.3 is 22.1 Å². The van der Waals surface area contributed by atoms with E-state index in [1.54, 1.807) is 30.5 Å². The SMILES string of the molecule is CC1N=C(N)SC1c1ccnc(NCc2ccc(C(=O)Nc3ccccc3N)cc2)n1. The second-order valence-corrected chi connectivity index (χ2v) is 8.31. The lowest BCUT2D eigenvalue weighted by Gasteiger charge is -2.13. The Hall–Kier alpha value is -3.59. The molecule has 3 aromatic rings. The van der Waals surface area contributed by atoms with Crippen LogP contribution in [0.5, 0.6) is 0 Å². The van der Waals surface area contributed by atoms with Crippen molar-refractivity contribution >= 4 is 40.2 Å². The smallest absolute Gasteiger partial charge is 0.255 e. The molecular formula is C22H23N7OS. The molecule has 9 heteroatoms. The maximum Gasteiger partial charge on any atom is 0.255 e. The first-order chi connectivity index (χ1) is 15.0. The number of para-hydroxylation sites is 2. The van der Waals surface area contributed by atoms with E-state index < -0.39 is 0 Å². The Morgan fingerprint density at radius 1 is 1.10 bits per heavy atom. The van der Waals surface area contributed by atoms with Gasteiger partial charge in [-0.3, -0.25) is 9.79 Å². The van der Waals surface area contributed by atoms with E-state index in [4.69, 9.17) is 11.5 Å². The van der Waals surface area contributed by atoms with Gasteiger partial charge in [-0.15, -0.1) is 0 Å². The summed E-state index contributed by atoms with van der Waals surface area (Å²) in [6.07, 6.45) is 1.73. The summed E-state index contributed by atoms with van der Waals surface area (Å²) < 4.78 is 0. The number of anilines is 3. The molecule has 0 saturated heterocycles. The zero-order valence-corrected chi connectivity index (χ0v) is 17.8. The summed E-state index contributed by atoms with van der Waals surface area (Å²) in [7, 11) is 0. The molecule has 2 unspecified atom stereocenters. The molecule has 1 aromatic heterocycles. The number of amides is 1. The van der Waals surface area contributed by atoms with Crippen LogP contribution in [0.3, 0.4) is 0 Å². The molecule has 4 rings (SSSR count). The van der Waals surface area contributed by atoms with Crippen LogP contribution >= 0.6 is 11.8 Å². The Kier molecular flexibility index (Phi) is 6.03. The van der Waals surface area contributed by atoms with Crippen LogP contribution in [0.1, 0.15) is 33.8 Å². The molecule has 1 amide bonds. The van der Waals surface area contributed by atoms with Crippen molar-refractivity contribution in [3.63, 3.8) is 0 Å². The number of aliphatic imine (C=N–C) groups is 1. The Labute approximate surface area is 184 Å². The number of hydrogen-bond donors (Lipinski definition) is 4. The fourth-order valence-electron chi connectivity index (χ4n) is 3.21. The van der Waals surface area contributed by atoms with Gasteiger partial charge in [0.2, 0.25) is 5.95 Å². The number of rotatable bonds is 6. The molecule has 0 saturated carbocycles. The van der Waals surface area contributed by atoms with Crippen LogP contribution in [0, 0.1) is 0 Å². The number of amidine groups is 1. The van der Waals surface area contributed by atoms with Crippen molar-refractivity contribution in [1.82, 2.24) is 9.97 Å². The van der Waals surface area contributed by atoms with Gasteiger partial charge in [0.1, 0.15) is 0 Å². The number of nitrogen functional groups attached to an aromatic ring is 1. The molecular weight excluding hydrogens is 410 g/mol. The van der Waals surface area contributed by atoms with Gasteiger partial charge in [0, 0.05) is 18.3 Å². The fraction of sp³-hybridized carbons (Fsp3) is 0.182. The van der Waals surface area contributed by atoms with Crippen LogP contribution in [0.4, 0.5) is 17.3 Å². The number of hydrogen-bond acceptors (Lipinski definition) is 8. The Balaban J connectivity index is 1.36. The van der Waals surface area contributed by atoms with Crippen molar-refractivity contribution in [2.24, 2.45) is 10.7 Å². The molecule has 0 fully saturated rings. The fourth-order valence-corrected chi connectivity index (χ4v) is 4.21. The van der Waals surface area contributed by atoms with Gasteiger partial charge in [0.25, 0.3) is 5.91 Å². The highest BCUT2D eigenvalue weighted by atomic mass is 32.2. The van der Waals surface area contributed by atoms with E-state index in [9.17, 15) is 4.79 Å². The number of nitrogens with zero attached hydrogens (tertiary/aromatic N) is 3. The molecule has 8 nitrogen and oxygen atoms in total. The zero-order chi connectivity index (χ0) is 21.8. The van der Waals surface area contributed by atoms with Crippen LogP contribution in [0.2, 0.25) is 0 Å². The standard InChI is InChI=1S/C22H23N7OS/c1-13-19(31-21(24)27-13)18-10-11-25-22(29-18)26-12-14-6-8-15(9-7-14)20(30)28-17-5-3-2-4-16(17)23/h2-11,13,19H,12,23H2,1H3,(H2,24,27)(H,28,30)(H,25,26,29). The van der Waals surface area contributed by atoms with Gasteiger partial charge in [-0.05, 0) is 42.8 Å². The van der Waals surface area contributed by atoms with Gasteiger partial charge in [0.15, 0.2) is 5.17 Å². The lowest BCUT2D eigenvalue weighted by molar-refractivity contribution is 0.102. The lowest BCUT2D eigenvalue weighted by Crippen LogP contribution is -2.13. The average Bonchev–Trinajstić information content (AvgIpc) is 3.12. The molecule has 31 heavy (non-hydrogen) atoms. The Morgan fingerprint density at radius 3 is 2.58 bits per heavy atom. The maximum atomic E-state index is 12.4. The quantitative estimate of drug-likeness (QED) is 0.438. The number of carbonyl (C=O) groups excluding carboxylic acids is 1. The first kappa shape index (κ1) is 20.7. The van der Waals surface area contributed by atoms with E-state index in [0.29, 0.717) is 34.6 Å². The molecule has 2 atom stereocenters. The van der Waals surface area contributed by atoms with Crippen LogP contribution in [0.15, 0.2) is 65.8 Å². The number of aromatic nitrogens is 2. The van der Waals surface area contributed by atoms with Crippen LogP contribution in [0.25, 0.3) is 0 Å². The van der Waals surface area contributed by atoms with E-state index in [-0.39, 0.29) is 17.2 Å². The highest BCUT2D eigenvalue weighted by Gasteiger charge is 2.28. The van der Waals surface area contributed by atoms with Crippen molar-refractivity contribution in [2.75, 3.05) is 16.4 Å². The van der Waals surface area contributed by atoms with E-state index in [1.165, 1.54) is 11.8 Å². The van der Waals surface area contributed by atoms with Crippen LogP contribution in [-0.2, 0) is 6.54 Å². The highest BCUT2D eigenvalue weighted by Crippen LogP contribution is 2.37. The van der Waals surface area contributed by atoms with E-state index in [2.05, 4.69) is 25.6 Å². The summed E-state index contributed by atoms with van der Waals surface area (Å²) in [6.45, 7) is 2.56. The number of benzene rings is 2. The van der Waals surface area contributed by atoms with Crippen molar-refractivity contribution < 1.29 is 4.79 Å². The number of carbonyl (C=O) groups is 1. The summed E-state index contributed by atoms with van der Waals surface area (Å²) in [5.41, 5.74) is 15.3. The van der Waals surface area contributed by atoms with Gasteiger partial charge in [-0.1, -0.05) is 36.0 Å². The second kappa shape index (κ2) is 9.05. The van der Waals surface area contributed by atoms with Crippen molar-refractivity contribution in [1.29, 1.82) is 0 Å². The van der Waals surface area contributed by atoms with E-state index in [0.717, 1.165) is 11.3 Å². The second-order valence-electron chi connectivity index (χ2n) is 7.14. The third kappa shape index (κ3) is 4.95. The Bertz CT molecular complexity index is 1120. The maximum absolute atomic E-state index is 12.4. The number of thioether (sulfide) groups is 1. The average molecular weight is 434 g/mol. The molecule has 2 heterocycles. The third-order valence-corrected chi connectivity index (χ3v) is 6.10. The number of nitrogens with one attached hydrogen (secondary N) is 2. The van der Waals surface area contributed by atoms with Gasteiger partial charge in [-0.25, -0.2) is 9.97 Å². The molecule has 6 N–H and O–H groups in total. The van der Waals surface area contributed by atoms with Gasteiger partial charge in [0.05, 0.1) is 28.4 Å². The first-order valence-electron chi connectivity index (χ1n) is 9.81. The van der Waals surface area contributed by atoms with Gasteiger partial charge in [-0.2, -0.15) is 0 Å². The minimum Gasteiger partial charge on any atom is -0.397 e. The summed E-state index contributed by atoms with van der Waals surface area (Å²) in [5.74, 6) is 0.329. The summed E-state index contributed by atoms with van der Waals surface area (Å²) in [6, 6.07) is 16.5. The van der Waals surface area contributed by atoms with Crippen molar-refractivity contribution in [3.05, 3.63) is 77.6 Å². The van der Waals surface area contributed by atoms with Crippen molar-refractivity contribution in [3.8, 4) is 0 Å². The minimum atomic E-state index is -0.210. The molecule has 0 spiro atoms. The Morgan fingerprint density at radius 2 is 1.87 bits per heavy atom. The van der Waals surface area contributed by atoms with Crippen molar-refractivity contribution in [2.45, 2.75) is 24.8 Å². The molecule has 1 aliphatic heterocycles. The monoisotopic (exact) mass is 433 g/mol. The number of nitrogens with two attached hydrogens (primary N) is 2. The largest absolute Gasteiger partial charge is 0.397 e. The predicted molar refractivity (Wildman–Crippen MR) is 126 cm³/mol. The van der Waals surface area contributed by atoms with Crippen LogP contribution in [-0.4, -0.2) is 27.1 Å². The summed E-state index contributed by atoms with van der Waals surface area (Å²) in [5, 5.41) is 6.74. The molecule has 0 aliphatic carbocycles. The molecule has 158 valence electrons. The zero-order valence-electron chi connectivity index (χ0n) is 16.9.